The quantitative estimate of drug-likeness (QED) is 0.357. The molecule has 2 fully saturated rings. The van der Waals surface area contributed by atoms with Gasteiger partial charge in [0, 0.05) is 27.2 Å². The van der Waals surface area contributed by atoms with E-state index in [0.29, 0.717) is 23.5 Å². The molecule has 3 rings (SSSR count). The lowest BCUT2D eigenvalue weighted by molar-refractivity contribution is -0.182. The Hall–Kier alpha value is -2.44. The molecule has 0 aromatic rings. The number of ether oxygens (including phenoxy) is 3. The van der Waals surface area contributed by atoms with Gasteiger partial charge >= 0.3 is 17.9 Å². The van der Waals surface area contributed by atoms with Crippen LogP contribution >= 0.6 is 0 Å². The van der Waals surface area contributed by atoms with E-state index in [2.05, 4.69) is 20.4 Å². The predicted octanol–water partition coefficient (Wildman–Crippen LogP) is 3.95. The first-order valence-corrected chi connectivity index (χ1v) is 11.7. The highest BCUT2D eigenvalue weighted by Crippen LogP contribution is 2.62. The van der Waals surface area contributed by atoms with Crippen LogP contribution in [0.15, 0.2) is 23.8 Å². The summed E-state index contributed by atoms with van der Waals surface area (Å²) in [6.45, 7) is 16.0. The number of rotatable bonds is 3. The maximum atomic E-state index is 14.0. The molecule has 0 N–H and O–H groups in total. The van der Waals surface area contributed by atoms with Crippen LogP contribution in [0.2, 0.25) is 0 Å². The van der Waals surface area contributed by atoms with Gasteiger partial charge < -0.3 is 14.2 Å². The molecule has 3 aliphatic rings. The van der Waals surface area contributed by atoms with Crippen molar-refractivity contribution in [1.82, 2.24) is 0 Å². The van der Waals surface area contributed by atoms with Gasteiger partial charge in [-0.3, -0.25) is 19.2 Å². The van der Waals surface area contributed by atoms with Gasteiger partial charge in [-0.15, -0.1) is 0 Å². The van der Waals surface area contributed by atoms with Gasteiger partial charge in [-0.05, 0) is 54.1 Å². The Morgan fingerprint density at radius 2 is 1.67 bits per heavy atom. The van der Waals surface area contributed by atoms with E-state index in [1.54, 1.807) is 6.92 Å². The van der Waals surface area contributed by atoms with Crippen LogP contribution in [0.4, 0.5) is 0 Å². The Morgan fingerprint density at radius 1 is 1.06 bits per heavy atom. The van der Waals surface area contributed by atoms with Crippen molar-refractivity contribution < 1.29 is 33.4 Å². The van der Waals surface area contributed by atoms with E-state index in [0.717, 1.165) is 6.42 Å². The van der Waals surface area contributed by atoms with Gasteiger partial charge in [-0.2, -0.15) is 0 Å². The van der Waals surface area contributed by atoms with Crippen molar-refractivity contribution in [1.29, 1.82) is 0 Å². The van der Waals surface area contributed by atoms with E-state index in [1.165, 1.54) is 20.8 Å². The number of esters is 3. The minimum absolute atomic E-state index is 0.0369. The predicted molar refractivity (Wildman–Crippen MR) is 121 cm³/mol. The average Bonchev–Trinajstić information content (AvgIpc) is 3.07. The van der Waals surface area contributed by atoms with E-state index >= 15 is 0 Å². The van der Waals surface area contributed by atoms with Crippen molar-refractivity contribution in [3.63, 3.8) is 0 Å². The third kappa shape index (κ3) is 4.51. The average molecular weight is 461 g/mol. The van der Waals surface area contributed by atoms with Crippen LogP contribution in [0.1, 0.15) is 67.7 Å². The van der Waals surface area contributed by atoms with Crippen LogP contribution in [0.5, 0.6) is 0 Å². The van der Waals surface area contributed by atoms with E-state index < -0.39 is 41.6 Å². The molecule has 0 heterocycles. The van der Waals surface area contributed by atoms with Gasteiger partial charge in [-0.1, -0.05) is 33.4 Å². The number of carbonyl (C=O) groups excluding carboxylic acids is 4. The standard InChI is InChI=1S/C26H36O7/c1-13-9-10-19-20(25(19,7)8)11-14(2)24(30)26(33-18(6)29)12-15(3)23(32-17(5)28)21(26)22(13)31-16(4)27/h11,15,19-23H,1,9-10,12H2,2-8H3/t15-,19-,20+,21-,22-,23-,26+/m0/s1. The second kappa shape index (κ2) is 8.73. The Balaban J connectivity index is 2.23. The fourth-order valence-corrected chi connectivity index (χ4v) is 6.22. The highest BCUT2D eigenvalue weighted by atomic mass is 16.6. The van der Waals surface area contributed by atoms with Crippen LogP contribution in [-0.2, 0) is 33.4 Å². The summed E-state index contributed by atoms with van der Waals surface area (Å²) in [7, 11) is 0. The van der Waals surface area contributed by atoms with Crippen molar-refractivity contribution >= 4 is 23.7 Å². The summed E-state index contributed by atoms with van der Waals surface area (Å²) in [4.78, 5) is 50.5. The number of allylic oxidation sites excluding steroid dienone is 1. The van der Waals surface area contributed by atoms with Crippen molar-refractivity contribution in [3.05, 3.63) is 23.8 Å². The van der Waals surface area contributed by atoms with Gasteiger partial charge in [0.05, 0.1) is 5.92 Å². The first kappa shape index (κ1) is 25.2. The molecule has 7 atom stereocenters. The molecule has 0 aromatic heterocycles. The summed E-state index contributed by atoms with van der Waals surface area (Å²) in [6, 6.07) is 0. The molecular weight excluding hydrogens is 424 g/mol. The van der Waals surface area contributed by atoms with Crippen LogP contribution in [-0.4, -0.2) is 41.5 Å². The summed E-state index contributed by atoms with van der Waals surface area (Å²) in [6.07, 6.45) is 1.83. The van der Waals surface area contributed by atoms with Gasteiger partial charge in [-0.25, -0.2) is 0 Å². The molecule has 2 saturated carbocycles. The Morgan fingerprint density at radius 3 is 2.21 bits per heavy atom. The first-order valence-electron chi connectivity index (χ1n) is 11.7. The second-order valence-corrected chi connectivity index (χ2v) is 10.6. The first-order chi connectivity index (χ1) is 15.2. The third-order valence-electron chi connectivity index (χ3n) is 7.82. The smallest absolute Gasteiger partial charge is 0.303 e. The largest absolute Gasteiger partial charge is 0.462 e. The van der Waals surface area contributed by atoms with E-state index in [4.69, 9.17) is 14.2 Å². The molecule has 7 nitrogen and oxygen atoms in total. The van der Waals surface area contributed by atoms with Gasteiger partial charge in [0.1, 0.15) is 12.2 Å². The minimum atomic E-state index is -1.63. The Labute approximate surface area is 195 Å². The molecule has 0 amide bonds. The summed E-state index contributed by atoms with van der Waals surface area (Å²) in [5.74, 6) is -2.64. The SMILES string of the molecule is C=C1CC[C@H]2[C@@H](C=C(C)C(=O)[C@@]3(OC(C)=O)C[C@H](C)[C@H](OC(C)=O)[C@@H]3[C@H]1OC(C)=O)C2(C)C. The summed E-state index contributed by atoms with van der Waals surface area (Å²) in [5, 5.41) is 0. The summed E-state index contributed by atoms with van der Waals surface area (Å²) >= 11 is 0. The molecule has 0 saturated heterocycles. The fraction of sp³-hybridized carbons (Fsp3) is 0.692. The van der Waals surface area contributed by atoms with Crippen molar-refractivity contribution in [2.75, 3.05) is 0 Å². The van der Waals surface area contributed by atoms with Crippen LogP contribution < -0.4 is 0 Å². The highest BCUT2D eigenvalue weighted by Gasteiger charge is 2.65. The van der Waals surface area contributed by atoms with E-state index in [1.807, 2.05) is 13.0 Å². The number of hydrogen-bond acceptors (Lipinski definition) is 7. The maximum absolute atomic E-state index is 14.0. The molecule has 33 heavy (non-hydrogen) atoms. The Bertz CT molecular complexity index is 914. The zero-order valence-corrected chi connectivity index (χ0v) is 20.7. The molecule has 0 aliphatic heterocycles. The zero-order chi connectivity index (χ0) is 24.9. The number of hydrogen-bond donors (Lipinski definition) is 0. The van der Waals surface area contributed by atoms with E-state index in [-0.39, 0.29) is 29.5 Å². The summed E-state index contributed by atoms with van der Waals surface area (Å²) < 4.78 is 17.3. The monoisotopic (exact) mass is 460 g/mol. The minimum Gasteiger partial charge on any atom is -0.462 e. The number of Topliss-reactive ketones (excluding diaryl/α,β-unsaturated/α-hetero) is 1. The lowest BCUT2D eigenvalue weighted by Gasteiger charge is -2.39. The lowest BCUT2D eigenvalue weighted by Crippen LogP contribution is -2.55. The molecular formula is C26H36O7. The molecule has 182 valence electrons. The highest BCUT2D eigenvalue weighted by molar-refractivity contribution is 6.03. The van der Waals surface area contributed by atoms with Crippen LogP contribution in [0.25, 0.3) is 0 Å². The van der Waals surface area contributed by atoms with Crippen molar-refractivity contribution in [3.8, 4) is 0 Å². The summed E-state index contributed by atoms with van der Waals surface area (Å²) in [5.41, 5.74) is -0.457. The maximum Gasteiger partial charge on any atom is 0.303 e. The molecule has 7 heteroatoms. The lowest BCUT2D eigenvalue weighted by atomic mass is 9.76. The van der Waals surface area contributed by atoms with Crippen molar-refractivity contribution in [2.45, 2.75) is 85.5 Å². The van der Waals surface area contributed by atoms with Crippen LogP contribution in [0.3, 0.4) is 0 Å². The molecule has 0 aromatic carbocycles. The topological polar surface area (TPSA) is 96.0 Å². The molecule has 3 aliphatic carbocycles. The van der Waals surface area contributed by atoms with Gasteiger partial charge in [0.25, 0.3) is 0 Å². The second-order valence-electron chi connectivity index (χ2n) is 10.6. The molecule has 0 bridgehead atoms. The van der Waals surface area contributed by atoms with Gasteiger partial charge in [0.15, 0.2) is 5.60 Å². The Kier molecular flexibility index (Phi) is 6.66. The molecule has 0 radical (unpaired) electrons. The number of fused-ring (bicyclic) bond motifs is 2. The number of ketones is 1. The molecule has 0 unspecified atom stereocenters. The van der Waals surface area contributed by atoms with Crippen molar-refractivity contribution in [2.24, 2.45) is 29.1 Å². The number of carbonyl (C=O) groups is 4. The molecule has 0 spiro atoms. The van der Waals surface area contributed by atoms with Crippen LogP contribution in [0, 0.1) is 29.1 Å². The zero-order valence-electron chi connectivity index (χ0n) is 20.7. The fourth-order valence-electron chi connectivity index (χ4n) is 6.22. The van der Waals surface area contributed by atoms with Gasteiger partial charge in [0.2, 0.25) is 5.78 Å². The normalized spacial score (nSPS) is 37.6. The van der Waals surface area contributed by atoms with E-state index in [9.17, 15) is 19.2 Å². The third-order valence-corrected chi connectivity index (χ3v) is 7.82.